The summed E-state index contributed by atoms with van der Waals surface area (Å²) in [7, 11) is 1.82. The van der Waals surface area contributed by atoms with Gasteiger partial charge in [0.05, 0.1) is 28.4 Å². The number of aromatic nitrogens is 3. The predicted octanol–water partition coefficient (Wildman–Crippen LogP) is 3.42. The molecule has 2 aliphatic rings. The summed E-state index contributed by atoms with van der Waals surface area (Å²) in [6.45, 7) is 1.90. The standard InChI is InChI=1S/C19H21N5O2S/c1-12-15(18(24(2)23-12)26-14-8-5-9-20-11-14)10-16-17(25)22-19(27-16)21-13-6-3-4-7-13/h5,8-11,13H,3-4,6-7H2,1-2H3,(H,21,22,25). The summed E-state index contributed by atoms with van der Waals surface area (Å²) in [5, 5.41) is 8.00. The van der Waals surface area contributed by atoms with Gasteiger partial charge in [-0.05, 0) is 49.7 Å². The Balaban J connectivity index is 1.61. The summed E-state index contributed by atoms with van der Waals surface area (Å²) in [4.78, 5) is 21.7. The molecule has 0 unspecified atom stereocenters. The minimum Gasteiger partial charge on any atom is -0.437 e. The van der Waals surface area contributed by atoms with Crippen LogP contribution in [-0.2, 0) is 11.8 Å². The molecule has 0 bridgehead atoms. The van der Waals surface area contributed by atoms with Gasteiger partial charge in [-0.25, -0.2) is 4.68 Å². The normalized spacial score (nSPS) is 20.6. The Morgan fingerprint density at radius 2 is 2.22 bits per heavy atom. The van der Waals surface area contributed by atoms with E-state index in [4.69, 9.17) is 4.74 Å². The second-order valence-corrected chi connectivity index (χ2v) is 7.69. The van der Waals surface area contributed by atoms with Crippen LogP contribution in [0.15, 0.2) is 34.4 Å². The molecule has 0 aromatic carbocycles. The Labute approximate surface area is 161 Å². The lowest BCUT2D eigenvalue weighted by Crippen LogP contribution is -2.21. The number of carbonyl (C=O) groups is 1. The van der Waals surface area contributed by atoms with Crippen molar-refractivity contribution in [3.05, 3.63) is 40.7 Å². The molecular formula is C19H21N5O2S. The number of hydrogen-bond donors (Lipinski definition) is 1. The highest BCUT2D eigenvalue weighted by Gasteiger charge is 2.27. The van der Waals surface area contributed by atoms with E-state index in [9.17, 15) is 4.79 Å². The molecule has 1 aliphatic heterocycles. The van der Waals surface area contributed by atoms with Crippen LogP contribution in [0.3, 0.4) is 0 Å². The number of nitrogens with zero attached hydrogens (tertiary/aromatic N) is 4. The van der Waals surface area contributed by atoms with E-state index in [2.05, 4.69) is 20.4 Å². The fraction of sp³-hybridized carbons (Fsp3) is 0.368. The molecule has 1 N–H and O–H groups in total. The molecule has 0 atom stereocenters. The van der Waals surface area contributed by atoms with Crippen molar-refractivity contribution in [3.63, 3.8) is 0 Å². The maximum atomic E-state index is 12.4. The van der Waals surface area contributed by atoms with Gasteiger partial charge in [-0.15, -0.1) is 0 Å². The molecule has 8 heteroatoms. The molecular weight excluding hydrogens is 362 g/mol. The Morgan fingerprint density at radius 3 is 2.96 bits per heavy atom. The van der Waals surface area contributed by atoms with Gasteiger partial charge in [-0.2, -0.15) is 5.10 Å². The Hall–Kier alpha value is -2.61. The number of pyridine rings is 1. The number of nitrogens with one attached hydrogen (secondary N) is 1. The van der Waals surface area contributed by atoms with Crippen molar-refractivity contribution in [1.82, 2.24) is 20.1 Å². The lowest BCUT2D eigenvalue weighted by atomic mass is 10.2. The van der Waals surface area contributed by atoms with E-state index in [1.54, 1.807) is 17.1 Å². The van der Waals surface area contributed by atoms with E-state index in [1.165, 1.54) is 24.6 Å². The number of carbonyl (C=O) groups excluding carboxylic acids is 1. The molecule has 1 amide bonds. The molecule has 1 saturated heterocycles. The maximum absolute atomic E-state index is 12.4. The second-order valence-electron chi connectivity index (χ2n) is 6.66. The number of rotatable bonds is 4. The third-order valence-electron chi connectivity index (χ3n) is 4.61. The Bertz CT molecular complexity index is 914. The van der Waals surface area contributed by atoms with Crippen molar-refractivity contribution in [1.29, 1.82) is 0 Å². The van der Waals surface area contributed by atoms with Gasteiger partial charge >= 0.3 is 0 Å². The molecule has 2 aromatic rings. The molecule has 1 saturated carbocycles. The van der Waals surface area contributed by atoms with Crippen molar-refractivity contribution < 1.29 is 9.53 Å². The summed E-state index contributed by atoms with van der Waals surface area (Å²) < 4.78 is 7.63. The monoisotopic (exact) mass is 383 g/mol. The largest absolute Gasteiger partial charge is 0.437 e. The molecule has 2 fully saturated rings. The number of amidine groups is 1. The lowest BCUT2D eigenvalue weighted by molar-refractivity contribution is -0.115. The summed E-state index contributed by atoms with van der Waals surface area (Å²) in [5.74, 6) is 1.06. The van der Waals surface area contributed by atoms with Crippen molar-refractivity contribution in [2.75, 3.05) is 0 Å². The van der Waals surface area contributed by atoms with Gasteiger partial charge in [0.2, 0.25) is 5.88 Å². The van der Waals surface area contributed by atoms with E-state index in [0.29, 0.717) is 27.7 Å². The highest BCUT2D eigenvalue weighted by Crippen LogP contribution is 2.33. The molecule has 27 heavy (non-hydrogen) atoms. The van der Waals surface area contributed by atoms with Gasteiger partial charge in [0.15, 0.2) is 5.17 Å². The highest BCUT2D eigenvalue weighted by molar-refractivity contribution is 8.18. The zero-order chi connectivity index (χ0) is 18.8. The third kappa shape index (κ3) is 3.90. The van der Waals surface area contributed by atoms with Crippen LogP contribution < -0.4 is 10.1 Å². The van der Waals surface area contributed by atoms with E-state index in [-0.39, 0.29) is 5.91 Å². The van der Waals surface area contributed by atoms with Gasteiger partial charge in [0, 0.05) is 13.2 Å². The first-order valence-electron chi connectivity index (χ1n) is 9.00. The average Bonchev–Trinajstić information content (AvgIpc) is 3.34. The number of hydrogen-bond acceptors (Lipinski definition) is 6. The maximum Gasteiger partial charge on any atom is 0.264 e. The zero-order valence-corrected chi connectivity index (χ0v) is 16.1. The SMILES string of the molecule is Cc1nn(C)c(Oc2cccnc2)c1C=C1SC(=NC2CCCC2)NC1=O. The Kier molecular flexibility index (Phi) is 4.98. The van der Waals surface area contributed by atoms with Gasteiger partial charge in [-0.1, -0.05) is 12.8 Å². The average molecular weight is 383 g/mol. The van der Waals surface area contributed by atoms with E-state index in [1.807, 2.05) is 32.2 Å². The fourth-order valence-electron chi connectivity index (χ4n) is 3.28. The molecule has 140 valence electrons. The van der Waals surface area contributed by atoms with Crippen LogP contribution in [0, 0.1) is 6.92 Å². The third-order valence-corrected chi connectivity index (χ3v) is 5.54. The van der Waals surface area contributed by atoms with Crippen LogP contribution in [0.4, 0.5) is 0 Å². The number of amides is 1. The minimum atomic E-state index is -0.132. The van der Waals surface area contributed by atoms with Gasteiger partial charge in [-0.3, -0.25) is 14.8 Å². The first-order valence-corrected chi connectivity index (χ1v) is 9.82. The summed E-state index contributed by atoms with van der Waals surface area (Å²) >= 11 is 1.38. The van der Waals surface area contributed by atoms with E-state index in [0.717, 1.165) is 24.1 Å². The van der Waals surface area contributed by atoms with Gasteiger partial charge in [0.25, 0.3) is 5.91 Å². The predicted molar refractivity (Wildman–Crippen MR) is 106 cm³/mol. The van der Waals surface area contributed by atoms with Crippen molar-refractivity contribution in [3.8, 4) is 11.6 Å². The highest BCUT2D eigenvalue weighted by atomic mass is 32.2. The molecule has 3 heterocycles. The van der Waals surface area contributed by atoms with Crippen LogP contribution >= 0.6 is 11.8 Å². The molecule has 0 radical (unpaired) electrons. The Morgan fingerprint density at radius 1 is 1.41 bits per heavy atom. The van der Waals surface area contributed by atoms with Crippen molar-refractivity contribution in [2.45, 2.75) is 38.6 Å². The zero-order valence-electron chi connectivity index (χ0n) is 15.3. The molecule has 2 aromatic heterocycles. The van der Waals surface area contributed by atoms with Crippen LogP contribution in [0.25, 0.3) is 6.08 Å². The van der Waals surface area contributed by atoms with Crippen LogP contribution in [0.5, 0.6) is 11.6 Å². The lowest BCUT2D eigenvalue weighted by Gasteiger charge is -2.06. The molecule has 1 aliphatic carbocycles. The number of ether oxygens (including phenoxy) is 1. The summed E-state index contributed by atoms with van der Waals surface area (Å²) in [6, 6.07) is 3.97. The quantitative estimate of drug-likeness (QED) is 0.818. The van der Waals surface area contributed by atoms with Crippen LogP contribution in [0.1, 0.15) is 36.9 Å². The van der Waals surface area contributed by atoms with Crippen molar-refractivity contribution >= 4 is 28.9 Å². The number of aryl methyl sites for hydroxylation is 2. The van der Waals surface area contributed by atoms with Crippen molar-refractivity contribution in [2.24, 2.45) is 12.0 Å². The summed E-state index contributed by atoms with van der Waals surface area (Å²) in [5.41, 5.74) is 1.57. The van der Waals surface area contributed by atoms with Crippen LogP contribution in [-0.4, -0.2) is 31.9 Å². The van der Waals surface area contributed by atoms with Gasteiger partial charge in [0.1, 0.15) is 5.75 Å². The number of thioether (sulfide) groups is 1. The summed E-state index contributed by atoms with van der Waals surface area (Å²) in [6.07, 6.45) is 9.79. The van der Waals surface area contributed by atoms with E-state index < -0.39 is 0 Å². The van der Waals surface area contributed by atoms with E-state index >= 15 is 0 Å². The smallest absolute Gasteiger partial charge is 0.264 e. The minimum absolute atomic E-state index is 0.132. The topological polar surface area (TPSA) is 81.4 Å². The molecule has 4 rings (SSSR count). The molecule has 0 spiro atoms. The van der Waals surface area contributed by atoms with Crippen LogP contribution in [0.2, 0.25) is 0 Å². The van der Waals surface area contributed by atoms with Gasteiger partial charge < -0.3 is 10.1 Å². The molecule has 7 nitrogen and oxygen atoms in total. The first-order chi connectivity index (χ1) is 13.1. The fourth-order valence-corrected chi connectivity index (χ4v) is 4.15. The first kappa shape index (κ1) is 17.8. The number of aliphatic imine (C=N–C) groups is 1. The second kappa shape index (κ2) is 7.56.